The predicted molar refractivity (Wildman–Crippen MR) is 90.4 cm³/mol. The molecule has 2 atom stereocenters. The van der Waals surface area contributed by atoms with Gasteiger partial charge in [-0.1, -0.05) is 36.4 Å². The van der Waals surface area contributed by atoms with E-state index in [-0.39, 0.29) is 0 Å². The number of benzene rings is 2. The Kier molecular flexibility index (Phi) is 5.00. The van der Waals surface area contributed by atoms with Gasteiger partial charge in [-0.25, -0.2) is 4.79 Å². The highest BCUT2D eigenvalue weighted by Crippen LogP contribution is 2.29. The van der Waals surface area contributed by atoms with Gasteiger partial charge < -0.3 is 19.9 Å². The van der Waals surface area contributed by atoms with Crippen molar-refractivity contribution in [3.05, 3.63) is 65.2 Å². The Morgan fingerprint density at radius 3 is 2.60 bits per heavy atom. The zero-order valence-corrected chi connectivity index (χ0v) is 13.8. The first-order valence-electron chi connectivity index (χ1n) is 7.96. The lowest BCUT2D eigenvalue weighted by molar-refractivity contribution is -0.144. The number of carbonyl (C=O) groups is 2. The van der Waals surface area contributed by atoms with Crippen LogP contribution in [0, 0.1) is 0 Å². The van der Waals surface area contributed by atoms with Gasteiger partial charge >= 0.3 is 5.97 Å². The molecule has 1 aliphatic rings. The zero-order chi connectivity index (χ0) is 17.8. The number of carboxylic acid groups (broad SMARTS) is 1. The Labute approximate surface area is 145 Å². The molecule has 0 saturated heterocycles. The fourth-order valence-electron chi connectivity index (χ4n) is 2.91. The average Bonchev–Trinajstić information content (AvgIpc) is 3.08. The van der Waals surface area contributed by atoms with Crippen LogP contribution in [0.5, 0.6) is 5.75 Å². The van der Waals surface area contributed by atoms with Crippen LogP contribution in [0.15, 0.2) is 48.5 Å². The number of hydrogen-bond acceptors (Lipinski definition) is 4. The lowest BCUT2D eigenvalue weighted by Crippen LogP contribution is -2.37. The summed E-state index contributed by atoms with van der Waals surface area (Å²) in [5.74, 6) is -0.869. The van der Waals surface area contributed by atoms with Crippen LogP contribution < -0.4 is 10.1 Å². The van der Waals surface area contributed by atoms with Crippen LogP contribution in [-0.2, 0) is 20.7 Å². The van der Waals surface area contributed by atoms with E-state index in [4.69, 9.17) is 9.47 Å². The van der Waals surface area contributed by atoms with E-state index in [9.17, 15) is 14.7 Å². The average molecular weight is 341 g/mol. The number of aliphatic carboxylic acids is 1. The van der Waals surface area contributed by atoms with E-state index >= 15 is 0 Å². The van der Waals surface area contributed by atoms with Gasteiger partial charge in [0.25, 0.3) is 5.91 Å². The molecule has 1 heterocycles. The van der Waals surface area contributed by atoms with Crippen molar-refractivity contribution in [1.82, 2.24) is 5.32 Å². The maximum atomic E-state index is 12.6. The lowest BCUT2D eigenvalue weighted by atomic mass is 10.0. The van der Waals surface area contributed by atoms with E-state index in [0.29, 0.717) is 17.7 Å². The second kappa shape index (κ2) is 7.36. The summed E-state index contributed by atoms with van der Waals surface area (Å²) in [5.41, 5.74) is 2.12. The van der Waals surface area contributed by atoms with Gasteiger partial charge in [0.15, 0.2) is 12.1 Å². The molecular weight excluding hydrogens is 322 g/mol. The summed E-state index contributed by atoms with van der Waals surface area (Å²) in [6.07, 6.45) is -0.144. The number of carboxylic acids is 1. The minimum atomic E-state index is -1.15. The highest BCUT2D eigenvalue weighted by atomic mass is 16.5. The normalized spacial score (nSPS) is 14.9. The molecule has 1 aliphatic heterocycles. The monoisotopic (exact) mass is 341 g/mol. The molecule has 2 N–H and O–H groups in total. The summed E-state index contributed by atoms with van der Waals surface area (Å²) in [7, 11) is 1.42. The summed E-state index contributed by atoms with van der Waals surface area (Å²) < 4.78 is 10.7. The van der Waals surface area contributed by atoms with Crippen LogP contribution in [0.4, 0.5) is 0 Å². The van der Waals surface area contributed by atoms with E-state index < -0.39 is 24.0 Å². The molecule has 0 aromatic heterocycles. The van der Waals surface area contributed by atoms with Crippen LogP contribution in [0.2, 0.25) is 0 Å². The maximum absolute atomic E-state index is 12.6. The lowest BCUT2D eigenvalue weighted by Gasteiger charge is -2.20. The maximum Gasteiger partial charge on any atom is 0.330 e. The molecule has 0 fully saturated rings. The Balaban J connectivity index is 1.82. The Bertz CT molecular complexity index is 775. The van der Waals surface area contributed by atoms with E-state index in [1.165, 1.54) is 7.11 Å². The molecule has 2 unspecified atom stereocenters. The molecule has 0 spiro atoms. The Morgan fingerprint density at radius 2 is 1.92 bits per heavy atom. The summed E-state index contributed by atoms with van der Waals surface area (Å²) in [5, 5.41) is 12.1. The van der Waals surface area contributed by atoms with Gasteiger partial charge in [0.05, 0.1) is 6.61 Å². The molecule has 0 saturated carbocycles. The molecule has 3 rings (SSSR count). The predicted octanol–water partition coefficient (Wildman–Crippen LogP) is 2.25. The number of fused-ring (bicyclic) bond motifs is 1. The molecule has 1 amide bonds. The number of nitrogens with one attached hydrogen (secondary N) is 1. The van der Waals surface area contributed by atoms with Crippen LogP contribution >= 0.6 is 0 Å². The standard InChI is InChI=1S/C19H19NO5/c1-24-17(12-5-3-2-4-6-12)18(21)20-16(19(22)23)14-7-8-15-13(11-14)9-10-25-15/h2-8,11,16-17H,9-10H2,1H3,(H,20,21)(H,22,23). The third-order valence-corrected chi connectivity index (χ3v) is 4.16. The van der Waals surface area contributed by atoms with Crippen molar-refractivity contribution >= 4 is 11.9 Å². The van der Waals surface area contributed by atoms with Crippen molar-refractivity contribution in [2.75, 3.05) is 13.7 Å². The second-order valence-corrected chi connectivity index (χ2v) is 5.77. The van der Waals surface area contributed by atoms with Crippen LogP contribution in [-0.4, -0.2) is 30.7 Å². The molecule has 0 aliphatic carbocycles. The van der Waals surface area contributed by atoms with Crippen molar-refractivity contribution in [1.29, 1.82) is 0 Å². The van der Waals surface area contributed by atoms with E-state index in [1.807, 2.05) is 6.07 Å². The zero-order valence-electron chi connectivity index (χ0n) is 13.8. The van der Waals surface area contributed by atoms with Crippen molar-refractivity contribution in [3.63, 3.8) is 0 Å². The summed E-state index contributed by atoms with van der Waals surface area (Å²) in [4.78, 5) is 24.3. The van der Waals surface area contributed by atoms with Crippen LogP contribution in [0.25, 0.3) is 0 Å². The molecule has 2 aromatic rings. The molecule has 25 heavy (non-hydrogen) atoms. The topological polar surface area (TPSA) is 84.9 Å². The van der Waals surface area contributed by atoms with Gasteiger partial charge in [-0.2, -0.15) is 0 Å². The van der Waals surface area contributed by atoms with Gasteiger partial charge in [-0.15, -0.1) is 0 Å². The van der Waals surface area contributed by atoms with Crippen molar-refractivity contribution in [2.45, 2.75) is 18.6 Å². The number of rotatable bonds is 6. The summed E-state index contributed by atoms with van der Waals surface area (Å²) >= 11 is 0. The molecule has 0 bridgehead atoms. The minimum Gasteiger partial charge on any atom is -0.493 e. The van der Waals surface area contributed by atoms with E-state index in [0.717, 1.165) is 17.7 Å². The van der Waals surface area contributed by atoms with Crippen molar-refractivity contribution < 1.29 is 24.2 Å². The number of hydrogen-bond donors (Lipinski definition) is 2. The highest BCUT2D eigenvalue weighted by Gasteiger charge is 2.28. The third-order valence-electron chi connectivity index (χ3n) is 4.16. The largest absolute Gasteiger partial charge is 0.493 e. The van der Waals surface area contributed by atoms with Gasteiger partial charge in [0.1, 0.15) is 5.75 Å². The number of amides is 1. The molecule has 130 valence electrons. The van der Waals surface area contributed by atoms with Gasteiger partial charge in [-0.3, -0.25) is 4.79 Å². The first kappa shape index (κ1) is 17.0. The fraction of sp³-hybridized carbons (Fsp3) is 0.263. The van der Waals surface area contributed by atoms with E-state index in [1.54, 1.807) is 42.5 Å². The van der Waals surface area contributed by atoms with Crippen molar-refractivity contribution in [2.24, 2.45) is 0 Å². The molecule has 6 nitrogen and oxygen atoms in total. The van der Waals surface area contributed by atoms with E-state index in [2.05, 4.69) is 5.32 Å². The number of ether oxygens (including phenoxy) is 2. The van der Waals surface area contributed by atoms with Crippen LogP contribution in [0.3, 0.4) is 0 Å². The molecule has 0 radical (unpaired) electrons. The van der Waals surface area contributed by atoms with Crippen molar-refractivity contribution in [3.8, 4) is 5.75 Å². The second-order valence-electron chi connectivity index (χ2n) is 5.77. The van der Waals surface area contributed by atoms with Crippen LogP contribution in [0.1, 0.15) is 28.8 Å². The summed E-state index contributed by atoms with van der Waals surface area (Å²) in [6, 6.07) is 13.0. The minimum absolute atomic E-state index is 0.502. The summed E-state index contributed by atoms with van der Waals surface area (Å²) in [6.45, 7) is 0.586. The number of carbonyl (C=O) groups excluding carboxylic acids is 1. The van der Waals surface area contributed by atoms with Gasteiger partial charge in [-0.05, 0) is 28.8 Å². The molecular formula is C19H19NO5. The third kappa shape index (κ3) is 3.64. The van der Waals surface area contributed by atoms with Gasteiger partial charge in [0, 0.05) is 13.5 Å². The SMILES string of the molecule is COC(C(=O)NC(C(=O)O)c1ccc2c(c1)CCO2)c1ccccc1. The fourth-order valence-corrected chi connectivity index (χ4v) is 2.91. The Morgan fingerprint density at radius 1 is 1.16 bits per heavy atom. The number of methoxy groups -OCH3 is 1. The molecule has 6 heteroatoms. The first-order chi connectivity index (χ1) is 12.1. The highest BCUT2D eigenvalue weighted by molar-refractivity contribution is 5.88. The smallest absolute Gasteiger partial charge is 0.330 e. The Hall–Kier alpha value is -2.86. The quantitative estimate of drug-likeness (QED) is 0.842. The first-order valence-corrected chi connectivity index (χ1v) is 7.96. The van der Waals surface area contributed by atoms with Gasteiger partial charge in [0.2, 0.25) is 0 Å². The molecule has 2 aromatic carbocycles.